The van der Waals surface area contributed by atoms with Crippen molar-refractivity contribution in [3.63, 3.8) is 0 Å². The van der Waals surface area contributed by atoms with Gasteiger partial charge in [-0.15, -0.1) is 0 Å². The number of anilines is 2. The first-order valence-electron chi connectivity index (χ1n) is 16.3. The number of rotatable bonds is 13. The Bertz CT molecular complexity index is 1380. The fourth-order valence-electron chi connectivity index (χ4n) is 5.97. The number of amides is 2. The molecular weight excluding hydrogens is 584 g/mol. The third kappa shape index (κ3) is 9.32. The number of piperazine rings is 1. The van der Waals surface area contributed by atoms with Gasteiger partial charge in [-0.1, -0.05) is 49.7 Å². The van der Waals surface area contributed by atoms with E-state index in [0.717, 1.165) is 80.3 Å². The highest BCUT2D eigenvalue weighted by molar-refractivity contribution is 5.90. The summed E-state index contributed by atoms with van der Waals surface area (Å²) in [5, 5.41) is 15.3. The molecule has 2 amide bonds. The summed E-state index contributed by atoms with van der Waals surface area (Å²) >= 11 is 0. The first kappa shape index (κ1) is 33.5. The smallest absolute Gasteiger partial charge is 0.225 e. The molecule has 3 aromatic rings. The van der Waals surface area contributed by atoms with Gasteiger partial charge in [-0.05, 0) is 42.2 Å². The molecule has 2 fully saturated rings. The van der Waals surface area contributed by atoms with Crippen LogP contribution in [0.15, 0.2) is 67.0 Å². The van der Waals surface area contributed by atoms with Crippen molar-refractivity contribution in [3.05, 3.63) is 83.7 Å². The zero-order valence-corrected chi connectivity index (χ0v) is 26.8. The Hall–Kier alpha value is -3.90. The van der Waals surface area contributed by atoms with Crippen LogP contribution in [0.2, 0.25) is 0 Å². The summed E-state index contributed by atoms with van der Waals surface area (Å²) in [5.74, 6) is 0.791. The predicted molar refractivity (Wildman–Crippen MR) is 176 cm³/mol. The van der Waals surface area contributed by atoms with Gasteiger partial charge < -0.3 is 30.1 Å². The number of hydrogen-bond acceptors (Lipinski definition) is 9. The van der Waals surface area contributed by atoms with Gasteiger partial charge in [0.2, 0.25) is 17.8 Å². The average molecular weight is 631 g/mol. The molecule has 2 aliphatic rings. The van der Waals surface area contributed by atoms with Gasteiger partial charge in [-0.25, -0.2) is 9.97 Å². The second kappa shape index (κ2) is 16.6. The van der Waals surface area contributed by atoms with Gasteiger partial charge in [0.05, 0.1) is 18.8 Å². The molecule has 246 valence electrons. The summed E-state index contributed by atoms with van der Waals surface area (Å²) in [6, 6.07) is 17.5. The molecule has 11 heteroatoms. The molecule has 3 N–H and O–H groups in total. The normalized spacial score (nSPS) is 21.9. The molecule has 0 radical (unpaired) electrons. The van der Waals surface area contributed by atoms with Crippen LogP contribution in [-0.2, 0) is 25.7 Å². The number of nitrogens with zero attached hydrogens (tertiary/aromatic N) is 4. The van der Waals surface area contributed by atoms with Crippen molar-refractivity contribution in [3.8, 4) is 0 Å². The van der Waals surface area contributed by atoms with E-state index in [1.807, 2.05) is 54.6 Å². The molecule has 4 atom stereocenters. The van der Waals surface area contributed by atoms with Crippen LogP contribution in [0.3, 0.4) is 0 Å². The lowest BCUT2D eigenvalue weighted by Gasteiger charge is -2.44. The van der Waals surface area contributed by atoms with Crippen LogP contribution in [0, 0.1) is 5.92 Å². The van der Waals surface area contributed by atoms with E-state index in [-0.39, 0.29) is 36.5 Å². The van der Waals surface area contributed by atoms with Crippen LogP contribution in [0.1, 0.15) is 68.6 Å². The highest BCUT2D eigenvalue weighted by Crippen LogP contribution is 2.42. The maximum absolute atomic E-state index is 12.5. The SMILES string of the molecule is CC(=O)NCCCCCC(=O)Nc1ccc([C@H]2O[C@@H](CN3CCN(c4ncccn4)CC3)[C@@H](C)[C@@H](c3ccc(CO)cc3)O2)cc1. The zero-order chi connectivity index (χ0) is 32.3. The Morgan fingerprint density at radius 3 is 2.28 bits per heavy atom. The lowest BCUT2D eigenvalue weighted by molar-refractivity contribution is -0.276. The van der Waals surface area contributed by atoms with E-state index in [1.165, 1.54) is 6.92 Å². The molecule has 1 aromatic heterocycles. The number of aliphatic hydroxyl groups excluding tert-OH is 1. The van der Waals surface area contributed by atoms with Crippen molar-refractivity contribution in [1.29, 1.82) is 0 Å². The van der Waals surface area contributed by atoms with Gasteiger partial charge in [0.1, 0.15) is 0 Å². The number of benzene rings is 2. The van der Waals surface area contributed by atoms with Gasteiger partial charge in [0.25, 0.3) is 0 Å². The molecule has 0 unspecified atom stereocenters. The topological polar surface area (TPSA) is 129 Å². The fraction of sp³-hybridized carbons (Fsp3) is 0.486. The molecular formula is C35H46N6O5. The third-order valence-corrected chi connectivity index (χ3v) is 8.69. The zero-order valence-electron chi connectivity index (χ0n) is 26.8. The van der Waals surface area contributed by atoms with Gasteiger partial charge in [-0.2, -0.15) is 0 Å². The number of carbonyl (C=O) groups is 2. The minimum absolute atomic E-state index is 0.00277. The lowest BCUT2D eigenvalue weighted by atomic mass is 9.90. The standard InChI is InChI=1S/C35H46N6O5/c1-25-31(23-40-19-21-41(22-20-40)35-37-17-6-18-38-35)45-34(46-33(25)28-10-8-27(24-42)9-11-28)29-12-14-30(15-13-29)39-32(44)7-4-3-5-16-36-26(2)43/h6,8-15,17-18,25,31,33-34,42H,3-5,7,16,19-24H2,1-2H3,(H,36,43)(H,39,44)/t25-,31+,33+,34+/m1/s1. The summed E-state index contributed by atoms with van der Waals surface area (Å²) in [6.07, 6.45) is 5.64. The summed E-state index contributed by atoms with van der Waals surface area (Å²) in [6.45, 7) is 8.56. The van der Waals surface area contributed by atoms with Gasteiger partial charge in [-0.3, -0.25) is 14.5 Å². The second-order valence-electron chi connectivity index (χ2n) is 12.1. The van der Waals surface area contributed by atoms with Crippen molar-refractivity contribution in [2.24, 2.45) is 5.92 Å². The molecule has 2 aliphatic heterocycles. The van der Waals surface area contributed by atoms with E-state index in [2.05, 4.69) is 37.3 Å². The van der Waals surface area contributed by atoms with Crippen molar-refractivity contribution in [1.82, 2.24) is 20.2 Å². The molecule has 0 saturated carbocycles. The van der Waals surface area contributed by atoms with Crippen molar-refractivity contribution < 1.29 is 24.2 Å². The summed E-state index contributed by atoms with van der Waals surface area (Å²) < 4.78 is 13.3. The van der Waals surface area contributed by atoms with E-state index in [0.29, 0.717) is 13.0 Å². The number of ether oxygens (including phenoxy) is 2. The number of hydrogen-bond donors (Lipinski definition) is 3. The van der Waals surface area contributed by atoms with Crippen LogP contribution < -0.4 is 15.5 Å². The molecule has 0 bridgehead atoms. The van der Waals surface area contributed by atoms with E-state index in [1.54, 1.807) is 12.4 Å². The molecule has 3 heterocycles. The Morgan fingerprint density at radius 2 is 1.61 bits per heavy atom. The maximum atomic E-state index is 12.5. The Labute approximate surface area is 271 Å². The van der Waals surface area contributed by atoms with Crippen LogP contribution >= 0.6 is 0 Å². The van der Waals surface area contributed by atoms with Crippen LogP contribution in [-0.4, -0.2) is 77.2 Å². The lowest BCUT2D eigenvalue weighted by Crippen LogP contribution is -2.51. The van der Waals surface area contributed by atoms with Crippen LogP contribution in [0.4, 0.5) is 11.6 Å². The molecule has 11 nitrogen and oxygen atoms in total. The Balaban J connectivity index is 1.21. The van der Waals surface area contributed by atoms with Gasteiger partial charge in [0.15, 0.2) is 6.29 Å². The second-order valence-corrected chi connectivity index (χ2v) is 12.1. The summed E-state index contributed by atoms with van der Waals surface area (Å²) in [5.41, 5.74) is 3.52. The molecule has 0 spiro atoms. The van der Waals surface area contributed by atoms with E-state index in [4.69, 9.17) is 9.47 Å². The monoisotopic (exact) mass is 630 g/mol. The van der Waals surface area contributed by atoms with Gasteiger partial charge in [0, 0.05) is 82.2 Å². The molecule has 5 rings (SSSR count). The van der Waals surface area contributed by atoms with Crippen LogP contribution in [0.5, 0.6) is 0 Å². The highest BCUT2D eigenvalue weighted by Gasteiger charge is 2.39. The maximum Gasteiger partial charge on any atom is 0.225 e. The fourth-order valence-corrected chi connectivity index (χ4v) is 5.97. The average Bonchev–Trinajstić information content (AvgIpc) is 3.08. The molecule has 2 aromatic carbocycles. The summed E-state index contributed by atoms with van der Waals surface area (Å²) in [4.78, 5) is 36.9. The van der Waals surface area contributed by atoms with Crippen LogP contribution in [0.25, 0.3) is 0 Å². The molecule has 0 aliphatic carbocycles. The third-order valence-electron chi connectivity index (χ3n) is 8.69. The first-order chi connectivity index (χ1) is 22.4. The number of aliphatic hydroxyl groups is 1. The number of aromatic nitrogens is 2. The number of carbonyl (C=O) groups excluding carboxylic acids is 2. The highest BCUT2D eigenvalue weighted by atomic mass is 16.7. The van der Waals surface area contributed by atoms with Crippen molar-refractivity contribution in [2.45, 2.75) is 64.6 Å². The van der Waals surface area contributed by atoms with Crippen molar-refractivity contribution in [2.75, 3.05) is 49.5 Å². The molecule has 2 saturated heterocycles. The van der Waals surface area contributed by atoms with E-state index >= 15 is 0 Å². The molecule has 46 heavy (non-hydrogen) atoms. The predicted octanol–water partition coefficient (Wildman–Crippen LogP) is 4.22. The Kier molecular flexibility index (Phi) is 12.1. The minimum Gasteiger partial charge on any atom is -0.392 e. The summed E-state index contributed by atoms with van der Waals surface area (Å²) in [7, 11) is 0. The Morgan fingerprint density at radius 1 is 0.913 bits per heavy atom. The minimum atomic E-state index is -0.573. The number of nitrogens with one attached hydrogen (secondary N) is 2. The largest absolute Gasteiger partial charge is 0.392 e. The van der Waals surface area contributed by atoms with Gasteiger partial charge >= 0.3 is 0 Å². The quantitative estimate of drug-likeness (QED) is 0.238. The van der Waals surface area contributed by atoms with E-state index in [9.17, 15) is 14.7 Å². The van der Waals surface area contributed by atoms with Crippen molar-refractivity contribution >= 4 is 23.5 Å². The number of unbranched alkanes of at least 4 members (excludes halogenated alkanes) is 2. The van der Waals surface area contributed by atoms with E-state index < -0.39 is 6.29 Å². The first-order valence-corrected chi connectivity index (χ1v) is 16.3.